The van der Waals surface area contributed by atoms with Crippen molar-refractivity contribution in [3.8, 4) is 0 Å². The number of ether oxygens (including phenoxy) is 1. The first kappa shape index (κ1) is 34.3. The third kappa shape index (κ3) is 6.24. The number of hydrogen-bond acceptors (Lipinski definition) is 4. The van der Waals surface area contributed by atoms with Gasteiger partial charge in [-0.2, -0.15) is 43.9 Å². The Kier molecular flexibility index (Phi) is 10.6. The fourth-order valence-corrected chi connectivity index (χ4v) is 2.23. The van der Waals surface area contributed by atoms with E-state index in [9.17, 15) is 58.3 Å². The van der Waals surface area contributed by atoms with Crippen LogP contribution in [0.5, 0.6) is 0 Å². The van der Waals surface area contributed by atoms with Crippen molar-refractivity contribution in [3.05, 3.63) is 56.8 Å². The van der Waals surface area contributed by atoms with Gasteiger partial charge >= 0.3 is 47.1 Å². The van der Waals surface area contributed by atoms with Crippen molar-refractivity contribution in [2.24, 2.45) is 0 Å². The molecule has 1 aromatic rings. The lowest BCUT2D eigenvalue weighted by molar-refractivity contribution is -0.485. The van der Waals surface area contributed by atoms with Crippen LogP contribution in [0.2, 0.25) is 0 Å². The molecule has 0 spiro atoms. The Hall–Kier alpha value is -2.85. The molecule has 204 valence electrons. The van der Waals surface area contributed by atoms with Crippen molar-refractivity contribution in [2.45, 2.75) is 71.4 Å². The Morgan fingerprint density at radius 2 is 1.06 bits per heavy atom. The van der Waals surface area contributed by atoms with E-state index in [2.05, 4.69) is 17.9 Å². The molecule has 35 heavy (non-hydrogen) atoms. The van der Waals surface area contributed by atoms with E-state index in [0.29, 0.717) is 0 Å². The minimum Gasteiger partial charge on any atom is -0.247 e. The van der Waals surface area contributed by atoms with Gasteiger partial charge in [0.25, 0.3) is 0 Å². The molecule has 0 unspecified atom stereocenters. The lowest BCUT2D eigenvalue weighted by Crippen LogP contribution is -2.61. The number of halogens is 10. The molecule has 0 saturated heterocycles. The van der Waals surface area contributed by atoms with E-state index in [1.807, 2.05) is 0 Å². The zero-order valence-electron chi connectivity index (χ0n) is 16.4. The molecule has 0 N–H and O–H groups in total. The topological polar surface area (TPSA) is 75.2 Å². The van der Waals surface area contributed by atoms with Gasteiger partial charge in [0.2, 0.25) is 0 Å². The first-order chi connectivity index (χ1) is 14.7. The van der Waals surface area contributed by atoms with Gasteiger partial charge in [0.1, 0.15) is 6.54 Å². The van der Waals surface area contributed by atoms with Gasteiger partial charge in [-0.1, -0.05) is 27.0 Å². The van der Waals surface area contributed by atoms with Crippen LogP contribution in [0, 0.1) is 0 Å². The average Bonchev–Trinajstić information content (AvgIpc) is 2.64. The van der Waals surface area contributed by atoms with E-state index in [1.165, 1.54) is 0 Å². The first-order valence-electron chi connectivity index (χ1n) is 8.44. The average molecular weight is 535 g/mol. The Labute approximate surface area is 191 Å². The lowest BCUT2D eigenvalue weighted by Gasteiger charge is -2.34. The highest BCUT2D eigenvalue weighted by Crippen LogP contribution is 2.50. The molecule has 0 aliphatic carbocycles. The largest absolute Gasteiger partial charge is 0.430 e. The summed E-state index contributed by atoms with van der Waals surface area (Å²) in [6, 6.07) is 0. The highest BCUT2D eigenvalue weighted by Gasteiger charge is 2.75. The molecule has 0 amide bonds. The van der Waals surface area contributed by atoms with E-state index in [4.69, 9.17) is 0 Å². The van der Waals surface area contributed by atoms with Crippen molar-refractivity contribution < 1.29 is 48.6 Å². The van der Waals surface area contributed by atoms with Crippen molar-refractivity contribution in [1.82, 2.24) is 13.7 Å². The molecular weight excluding hydrogens is 512 g/mol. The van der Waals surface area contributed by atoms with E-state index in [1.54, 1.807) is 0 Å². The molecule has 7 nitrogen and oxygen atoms in total. The fraction of sp³-hybridized carbons (Fsp3) is 0.611. The Bertz CT molecular complexity index is 1040. The quantitative estimate of drug-likeness (QED) is 0.318. The Balaban J connectivity index is 0. The van der Waals surface area contributed by atoms with Crippen molar-refractivity contribution >= 4 is 0 Å². The number of aromatic nitrogens is 3. The molecule has 0 fully saturated rings. The number of alkyl halides is 10. The molecule has 1 aromatic heterocycles. The van der Waals surface area contributed by atoms with Crippen LogP contribution in [-0.4, -0.2) is 43.7 Å². The number of hydrogen-bond donors (Lipinski definition) is 0. The molecule has 0 saturated carbocycles. The number of rotatable bonds is 11. The lowest BCUT2D eigenvalue weighted by atomic mass is 10.2. The van der Waals surface area contributed by atoms with Crippen LogP contribution < -0.4 is 17.1 Å². The molecule has 17 heteroatoms. The first-order valence-corrected chi connectivity index (χ1v) is 8.44. The van der Waals surface area contributed by atoms with Crippen molar-refractivity contribution in [3.63, 3.8) is 0 Å². The van der Waals surface area contributed by atoms with E-state index >= 15 is 0 Å². The van der Waals surface area contributed by atoms with Crippen LogP contribution in [0.25, 0.3) is 0 Å². The van der Waals surface area contributed by atoms with Gasteiger partial charge in [-0.15, -0.1) is 13.2 Å². The maximum Gasteiger partial charge on any atom is 0.430 e. The third-order valence-electron chi connectivity index (χ3n) is 3.96. The molecule has 0 radical (unpaired) electrons. The monoisotopic (exact) mass is 535 g/mol. The van der Waals surface area contributed by atoms with Crippen LogP contribution in [-0.2, 0) is 24.4 Å². The molecule has 0 bridgehead atoms. The van der Waals surface area contributed by atoms with Gasteiger partial charge in [0.15, 0.2) is 0 Å². The smallest absolute Gasteiger partial charge is 0.247 e. The normalized spacial score (nSPS) is 13.0. The van der Waals surface area contributed by atoms with E-state index in [-0.39, 0.29) is 24.0 Å². The second-order valence-corrected chi connectivity index (χ2v) is 6.54. The van der Waals surface area contributed by atoms with E-state index < -0.39 is 78.2 Å². The molecule has 0 aliphatic heterocycles. The predicted octanol–water partition coefficient (Wildman–Crippen LogP) is 3.94. The number of nitrogens with zero attached hydrogens (tertiary/aromatic N) is 3. The van der Waals surface area contributed by atoms with Gasteiger partial charge in [-0.3, -0.25) is 0 Å². The van der Waals surface area contributed by atoms with Crippen molar-refractivity contribution in [2.75, 3.05) is 0 Å². The highest BCUT2D eigenvalue weighted by molar-refractivity contribution is 4.92. The summed E-state index contributed by atoms with van der Waals surface area (Å²) in [6.07, 6.45) is -11.7. The summed E-state index contributed by atoms with van der Waals surface area (Å²) in [4.78, 5) is 36.5. The minimum atomic E-state index is -6.83. The number of allylic oxidation sites excluding steroid dienone is 2. The summed E-state index contributed by atoms with van der Waals surface area (Å²) < 4.78 is 136. The van der Waals surface area contributed by atoms with Gasteiger partial charge in [-0.05, 0) is 0 Å². The zero-order chi connectivity index (χ0) is 26.2. The minimum absolute atomic E-state index is 0. The van der Waals surface area contributed by atoms with Gasteiger partial charge < -0.3 is 0 Å². The summed E-state index contributed by atoms with van der Waals surface area (Å²) in [5, 5.41) is 0. The summed E-state index contributed by atoms with van der Waals surface area (Å²) in [5.41, 5.74) is -5.24. The summed E-state index contributed by atoms with van der Waals surface area (Å²) in [7, 11) is 0. The SMILES string of the molecule is C.C.C=CCn1c(=O)n(CC=C)c(=O)n(CC(F)(F)C(F)(F)OC(F)(F)C(F)(F)C(C)(F)F)c1=O. The maximum atomic E-state index is 14.1. The molecule has 0 atom stereocenters. The van der Waals surface area contributed by atoms with Gasteiger partial charge in [-0.25, -0.2) is 32.8 Å². The second kappa shape index (κ2) is 10.8. The fourth-order valence-electron chi connectivity index (χ4n) is 2.23. The molecule has 0 aromatic carbocycles. The predicted molar refractivity (Wildman–Crippen MR) is 105 cm³/mol. The summed E-state index contributed by atoms with van der Waals surface area (Å²) in [6.45, 7) is 1.28. The third-order valence-corrected chi connectivity index (χ3v) is 3.96. The van der Waals surface area contributed by atoms with Gasteiger partial charge in [0.05, 0.1) is 13.1 Å². The zero-order valence-corrected chi connectivity index (χ0v) is 16.4. The molecular formula is C18H23F10N3O4. The Morgan fingerprint density at radius 1 is 0.714 bits per heavy atom. The van der Waals surface area contributed by atoms with Crippen LogP contribution in [0.1, 0.15) is 21.8 Å². The molecule has 1 rings (SSSR count). The second-order valence-electron chi connectivity index (χ2n) is 6.54. The summed E-state index contributed by atoms with van der Waals surface area (Å²) in [5.74, 6) is -18.4. The maximum absolute atomic E-state index is 14.1. The van der Waals surface area contributed by atoms with Crippen LogP contribution in [0.15, 0.2) is 39.7 Å². The van der Waals surface area contributed by atoms with E-state index in [0.717, 1.165) is 12.2 Å². The molecule has 1 heterocycles. The Morgan fingerprint density at radius 3 is 1.37 bits per heavy atom. The van der Waals surface area contributed by atoms with Gasteiger partial charge in [0, 0.05) is 6.92 Å². The van der Waals surface area contributed by atoms with Crippen LogP contribution >= 0.6 is 0 Å². The van der Waals surface area contributed by atoms with Crippen molar-refractivity contribution in [1.29, 1.82) is 0 Å². The van der Waals surface area contributed by atoms with Crippen LogP contribution in [0.4, 0.5) is 43.9 Å². The summed E-state index contributed by atoms with van der Waals surface area (Å²) >= 11 is 0. The van der Waals surface area contributed by atoms with Crippen LogP contribution in [0.3, 0.4) is 0 Å². The molecule has 0 aliphatic rings. The highest BCUT2D eigenvalue weighted by atomic mass is 19.4. The standard InChI is InChI=1S/C16H15F10N3O4.2CH4/c1-4-6-27-9(30)28(7-5-2)11(32)29(10(27)31)8-13(19,20)15(23,24)33-16(25,26)14(21,22)12(3,17)18;;/h4-5H,1-2,6-8H2,3H3;2*1H4.